The molecule has 1 nitrogen and oxygen atoms in total. The zero-order valence-electron chi connectivity index (χ0n) is 9.35. The zero-order valence-corrected chi connectivity index (χ0v) is 9.35. The molecule has 0 spiro atoms. The summed E-state index contributed by atoms with van der Waals surface area (Å²) < 4.78 is 0. The molecule has 0 saturated carbocycles. The maximum absolute atomic E-state index is 11.5. The van der Waals surface area contributed by atoms with E-state index in [0.717, 1.165) is 6.42 Å². The second-order valence-electron chi connectivity index (χ2n) is 4.58. The Morgan fingerprint density at radius 3 is 2.46 bits per heavy atom. The van der Waals surface area contributed by atoms with Gasteiger partial charge in [-0.25, -0.2) is 0 Å². The van der Waals surface area contributed by atoms with Gasteiger partial charge in [0.2, 0.25) is 0 Å². The standard InChI is InChI=1S/C12H20O/c1-6-12(5)8(2)7-11(13)9(3)10(12)4/h7,9-10H,6H2,1-5H3. The number of rotatable bonds is 1. The van der Waals surface area contributed by atoms with Gasteiger partial charge >= 0.3 is 0 Å². The lowest BCUT2D eigenvalue weighted by atomic mass is 9.62. The van der Waals surface area contributed by atoms with E-state index in [0.29, 0.717) is 11.7 Å². The van der Waals surface area contributed by atoms with Gasteiger partial charge in [-0.1, -0.05) is 33.3 Å². The molecule has 1 rings (SSSR count). The normalized spacial score (nSPS) is 40.4. The number of hydrogen-bond acceptors (Lipinski definition) is 1. The molecule has 1 aliphatic rings. The van der Waals surface area contributed by atoms with E-state index in [1.54, 1.807) is 0 Å². The maximum Gasteiger partial charge on any atom is 0.158 e. The van der Waals surface area contributed by atoms with Gasteiger partial charge in [0.05, 0.1) is 0 Å². The molecule has 0 aromatic carbocycles. The summed E-state index contributed by atoms with van der Waals surface area (Å²) in [6.45, 7) is 10.8. The van der Waals surface area contributed by atoms with E-state index in [1.807, 2.05) is 13.0 Å². The minimum absolute atomic E-state index is 0.189. The van der Waals surface area contributed by atoms with E-state index in [4.69, 9.17) is 0 Å². The van der Waals surface area contributed by atoms with Crippen LogP contribution in [0.15, 0.2) is 11.6 Å². The predicted molar refractivity (Wildman–Crippen MR) is 55.5 cm³/mol. The molecule has 74 valence electrons. The first-order valence-corrected chi connectivity index (χ1v) is 5.16. The average molecular weight is 180 g/mol. The van der Waals surface area contributed by atoms with Crippen molar-refractivity contribution in [3.05, 3.63) is 11.6 Å². The Morgan fingerprint density at radius 2 is 2.00 bits per heavy atom. The summed E-state index contributed by atoms with van der Waals surface area (Å²) in [4.78, 5) is 11.5. The van der Waals surface area contributed by atoms with Gasteiger partial charge < -0.3 is 0 Å². The van der Waals surface area contributed by atoms with Crippen LogP contribution in [0, 0.1) is 17.3 Å². The summed E-state index contributed by atoms with van der Waals surface area (Å²) in [6, 6.07) is 0. The lowest BCUT2D eigenvalue weighted by Gasteiger charge is -2.42. The number of carbonyl (C=O) groups excluding carboxylic acids is 1. The molecule has 0 amide bonds. The second-order valence-corrected chi connectivity index (χ2v) is 4.58. The van der Waals surface area contributed by atoms with Crippen molar-refractivity contribution in [2.45, 2.75) is 41.0 Å². The minimum atomic E-state index is 0.189. The van der Waals surface area contributed by atoms with Gasteiger partial charge in [-0.15, -0.1) is 0 Å². The van der Waals surface area contributed by atoms with E-state index in [2.05, 4.69) is 27.7 Å². The van der Waals surface area contributed by atoms with Gasteiger partial charge in [0.15, 0.2) is 5.78 Å². The first kappa shape index (κ1) is 10.5. The molecule has 3 unspecified atom stereocenters. The Balaban J connectivity index is 3.11. The fraction of sp³-hybridized carbons (Fsp3) is 0.750. The molecule has 0 radical (unpaired) electrons. The molecule has 0 aliphatic heterocycles. The Hall–Kier alpha value is -0.590. The Bertz CT molecular complexity index is 252. The van der Waals surface area contributed by atoms with Crippen LogP contribution in [0.5, 0.6) is 0 Å². The third-order valence-electron chi connectivity index (χ3n) is 4.20. The highest BCUT2D eigenvalue weighted by atomic mass is 16.1. The van der Waals surface area contributed by atoms with E-state index < -0.39 is 0 Å². The largest absolute Gasteiger partial charge is 0.295 e. The van der Waals surface area contributed by atoms with Crippen molar-refractivity contribution >= 4 is 5.78 Å². The number of ketones is 1. The Morgan fingerprint density at radius 1 is 1.46 bits per heavy atom. The van der Waals surface area contributed by atoms with Crippen LogP contribution in [0.25, 0.3) is 0 Å². The number of carbonyl (C=O) groups is 1. The van der Waals surface area contributed by atoms with Gasteiger partial charge in [-0.2, -0.15) is 0 Å². The summed E-state index contributed by atoms with van der Waals surface area (Å²) in [5.41, 5.74) is 1.48. The lowest BCUT2D eigenvalue weighted by Crippen LogP contribution is -2.37. The van der Waals surface area contributed by atoms with Crippen molar-refractivity contribution in [2.75, 3.05) is 0 Å². The molecule has 0 saturated heterocycles. The Labute approximate surface area is 81.2 Å². The second kappa shape index (κ2) is 3.28. The molecule has 0 bridgehead atoms. The van der Waals surface area contributed by atoms with E-state index in [9.17, 15) is 4.79 Å². The molecule has 0 fully saturated rings. The molecule has 0 aromatic heterocycles. The van der Waals surface area contributed by atoms with Crippen LogP contribution in [-0.4, -0.2) is 5.78 Å². The summed E-state index contributed by atoms with van der Waals surface area (Å²) >= 11 is 0. The molecule has 3 atom stereocenters. The van der Waals surface area contributed by atoms with Crippen LogP contribution in [-0.2, 0) is 4.79 Å². The first-order valence-electron chi connectivity index (χ1n) is 5.16. The highest BCUT2D eigenvalue weighted by Crippen LogP contribution is 2.45. The average Bonchev–Trinajstić information content (AvgIpc) is 2.11. The third kappa shape index (κ3) is 1.45. The van der Waals surface area contributed by atoms with Crippen LogP contribution in [0.1, 0.15) is 41.0 Å². The van der Waals surface area contributed by atoms with Gasteiger partial charge in [0, 0.05) is 5.92 Å². The van der Waals surface area contributed by atoms with Crippen molar-refractivity contribution in [3.8, 4) is 0 Å². The summed E-state index contributed by atoms with van der Waals surface area (Å²) in [6.07, 6.45) is 2.96. The number of allylic oxidation sites excluding steroid dienone is 2. The SMILES string of the molecule is CCC1(C)C(C)=CC(=O)C(C)C1C. The van der Waals surface area contributed by atoms with Gasteiger partial charge in [-0.05, 0) is 30.8 Å². The van der Waals surface area contributed by atoms with Crippen molar-refractivity contribution < 1.29 is 4.79 Å². The topological polar surface area (TPSA) is 17.1 Å². The molecule has 0 N–H and O–H groups in total. The van der Waals surface area contributed by atoms with Crippen molar-refractivity contribution in [1.82, 2.24) is 0 Å². The van der Waals surface area contributed by atoms with Crippen LogP contribution in [0.4, 0.5) is 0 Å². The monoisotopic (exact) mass is 180 g/mol. The molecule has 0 aromatic rings. The summed E-state index contributed by atoms with van der Waals surface area (Å²) in [7, 11) is 0. The van der Waals surface area contributed by atoms with Crippen LogP contribution < -0.4 is 0 Å². The third-order valence-corrected chi connectivity index (χ3v) is 4.20. The number of hydrogen-bond donors (Lipinski definition) is 0. The Kier molecular flexibility index (Phi) is 2.65. The van der Waals surface area contributed by atoms with E-state index in [1.165, 1.54) is 5.57 Å². The van der Waals surface area contributed by atoms with Crippen molar-refractivity contribution in [2.24, 2.45) is 17.3 Å². The van der Waals surface area contributed by atoms with Crippen molar-refractivity contribution in [3.63, 3.8) is 0 Å². The summed E-state index contributed by atoms with van der Waals surface area (Å²) in [5, 5.41) is 0. The fourth-order valence-corrected chi connectivity index (χ4v) is 2.27. The van der Waals surface area contributed by atoms with Gasteiger partial charge in [0.1, 0.15) is 0 Å². The van der Waals surface area contributed by atoms with E-state index in [-0.39, 0.29) is 11.3 Å². The highest BCUT2D eigenvalue weighted by molar-refractivity contribution is 5.93. The molecule has 1 aliphatic carbocycles. The molecule has 0 heterocycles. The summed E-state index contributed by atoms with van der Waals surface area (Å²) in [5.74, 6) is 0.958. The first-order chi connectivity index (χ1) is 5.93. The molecular weight excluding hydrogens is 160 g/mol. The minimum Gasteiger partial charge on any atom is -0.295 e. The fourth-order valence-electron chi connectivity index (χ4n) is 2.27. The highest BCUT2D eigenvalue weighted by Gasteiger charge is 2.40. The van der Waals surface area contributed by atoms with Crippen LogP contribution >= 0.6 is 0 Å². The van der Waals surface area contributed by atoms with Gasteiger partial charge in [0.25, 0.3) is 0 Å². The quantitative estimate of drug-likeness (QED) is 0.605. The van der Waals surface area contributed by atoms with Gasteiger partial charge in [-0.3, -0.25) is 4.79 Å². The van der Waals surface area contributed by atoms with Crippen LogP contribution in [0.3, 0.4) is 0 Å². The lowest BCUT2D eigenvalue weighted by molar-refractivity contribution is -0.121. The molecule has 13 heavy (non-hydrogen) atoms. The zero-order chi connectivity index (χ0) is 10.2. The van der Waals surface area contributed by atoms with Crippen molar-refractivity contribution in [1.29, 1.82) is 0 Å². The maximum atomic E-state index is 11.5. The van der Waals surface area contributed by atoms with Crippen LogP contribution in [0.2, 0.25) is 0 Å². The smallest absolute Gasteiger partial charge is 0.158 e. The predicted octanol–water partition coefficient (Wildman–Crippen LogP) is 3.20. The molecular formula is C12H20O. The molecule has 1 heteroatoms. The van der Waals surface area contributed by atoms with E-state index >= 15 is 0 Å².